The number of amides is 1. The molecule has 9 heteroatoms. The van der Waals surface area contributed by atoms with Crippen molar-refractivity contribution in [3.05, 3.63) is 42.5 Å². The van der Waals surface area contributed by atoms with Gasteiger partial charge in [0.15, 0.2) is 5.76 Å². The first-order valence-corrected chi connectivity index (χ1v) is 9.68. The molecular formula is C16H20N4O4S. The maximum atomic E-state index is 12.2. The van der Waals surface area contributed by atoms with Crippen LogP contribution in [0, 0.1) is 0 Å². The van der Waals surface area contributed by atoms with E-state index in [4.69, 9.17) is 4.42 Å². The van der Waals surface area contributed by atoms with Gasteiger partial charge in [-0.1, -0.05) is 0 Å². The number of carbonyl (C=O) groups is 1. The largest absolute Gasteiger partial charge is 0.459 e. The molecule has 3 heterocycles. The van der Waals surface area contributed by atoms with Crippen molar-refractivity contribution in [3.8, 4) is 0 Å². The first kappa shape index (κ1) is 17.3. The Balaban J connectivity index is 1.59. The summed E-state index contributed by atoms with van der Waals surface area (Å²) in [4.78, 5) is 20.3. The summed E-state index contributed by atoms with van der Waals surface area (Å²) >= 11 is 0. The molecule has 8 nitrogen and oxygen atoms in total. The molecule has 1 amide bonds. The van der Waals surface area contributed by atoms with Gasteiger partial charge >= 0.3 is 0 Å². The molecule has 0 radical (unpaired) electrons. The molecule has 2 aromatic heterocycles. The van der Waals surface area contributed by atoms with Gasteiger partial charge in [0.1, 0.15) is 5.82 Å². The number of rotatable bonds is 5. The second-order valence-corrected chi connectivity index (χ2v) is 7.67. The van der Waals surface area contributed by atoms with Gasteiger partial charge in [-0.2, -0.15) is 0 Å². The Labute approximate surface area is 146 Å². The molecule has 25 heavy (non-hydrogen) atoms. The van der Waals surface area contributed by atoms with Gasteiger partial charge in [-0.15, -0.1) is 0 Å². The Bertz CT molecular complexity index is 810. The molecule has 1 saturated heterocycles. The molecule has 0 spiro atoms. The monoisotopic (exact) mass is 364 g/mol. The second-order valence-electron chi connectivity index (χ2n) is 5.66. The molecule has 2 aromatic rings. The SMILES string of the molecule is CCS(=O)(=O)Nc1ccc(N2CCN(C(=O)c3ccco3)CC2)cn1. The number of furan rings is 1. The number of aromatic nitrogens is 1. The van der Waals surface area contributed by atoms with Crippen molar-refractivity contribution >= 4 is 27.4 Å². The molecule has 3 rings (SSSR count). The maximum absolute atomic E-state index is 12.2. The van der Waals surface area contributed by atoms with Crippen molar-refractivity contribution in [1.29, 1.82) is 0 Å². The van der Waals surface area contributed by atoms with E-state index in [0.29, 0.717) is 37.8 Å². The number of pyridine rings is 1. The number of carbonyl (C=O) groups excluding carboxylic acids is 1. The summed E-state index contributed by atoms with van der Waals surface area (Å²) in [6.45, 7) is 4.09. The lowest BCUT2D eigenvalue weighted by atomic mass is 10.2. The second kappa shape index (κ2) is 7.14. The number of piperazine rings is 1. The van der Waals surface area contributed by atoms with E-state index in [2.05, 4.69) is 14.6 Å². The topological polar surface area (TPSA) is 95.8 Å². The fourth-order valence-corrected chi connectivity index (χ4v) is 3.17. The van der Waals surface area contributed by atoms with Gasteiger partial charge in [-0.05, 0) is 31.2 Å². The van der Waals surface area contributed by atoms with Crippen LogP contribution in [0.3, 0.4) is 0 Å². The van der Waals surface area contributed by atoms with Gasteiger partial charge < -0.3 is 14.2 Å². The van der Waals surface area contributed by atoms with E-state index >= 15 is 0 Å². The van der Waals surface area contributed by atoms with E-state index in [1.165, 1.54) is 6.26 Å². The van der Waals surface area contributed by atoms with Crippen molar-refractivity contribution in [2.75, 3.05) is 41.6 Å². The number of nitrogens with zero attached hydrogens (tertiary/aromatic N) is 3. The number of nitrogens with one attached hydrogen (secondary N) is 1. The first-order valence-electron chi connectivity index (χ1n) is 8.03. The van der Waals surface area contributed by atoms with Crippen LogP contribution in [-0.2, 0) is 10.0 Å². The zero-order chi connectivity index (χ0) is 17.9. The predicted molar refractivity (Wildman–Crippen MR) is 94.1 cm³/mol. The van der Waals surface area contributed by atoms with Gasteiger partial charge in [0.05, 0.1) is 23.9 Å². The molecular weight excluding hydrogens is 344 g/mol. The van der Waals surface area contributed by atoms with Crippen molar-refractivity contribution in [2.45, 2.75) is 6.92 Å². The lowest BCUT2D eigenvalue weighted by molar-refractivity contribution is 0.0714. The molecule has 134 valence electrons. The van der Waals surface area contributed by atoms with Gasteiger partial charge in [-0.25, -0.2) is 13.4 Å². The van der Waals surface area contributed by atoms with Crippen LogP contribution in [0.25, 0.3) is 0 Å². The average Bonchev–Trinajstić information content (AvgIpc) is 3.16. The fraction of sp³-hybridized carbons (Fsp3) is 0.375. The van der Waals surface area contributed by atoms with Gasteiger partial charge in [0.2, 0.25) is 10.0 Å². The molecule has 1 fully saturated rings. The van der Waals surface area contributed by atoms with Crippen molar-refractivity contribution < 1.29 is 17.6 Å². The molecule has 1 aliphatic heterocycles. The molecule has 0 bridgehead atoms. The number of anilines is 2. The Morgan fingerprint density at radius 2 is 2.00 bits per heavy atom. The number of hydrogen-bond donors (Lipinski definition) is 1. The molecule has 1 aliphatic rings. The van der Waals surface area contributed by atoms with Crippen LogP contribution in [0.5, 0.6) is 0 Å². The lowest BCUT2D eigenvalue weighted by Gasteiger charge is -2.35. The Kier molecular flexibility index (Phi) is 4.93. The van der Waals surface area contributed by atoms with E-state index in [0.717, 1.165) is 5.69 Å². The van der Waals surface area contributed by atoms with Crippen molar-refractivity contribution in [3.63, 3.8) is 0 Å². The van der Waals surface area contributed by atoms with E-state index in [1.54, 1.807) is 36.2 Å². The first-order chi connectivity index (χ1) is 12.0. The van der Waals surface area contributed by atoms with E-state index < -0.39 is 10.0 Å². The van der Waals surface area contributed by atoms with Crippen LogP contribution < -0.4 is 9.62 Å². The molecule has 0 aromatic carbocycles. The summed E-state index contributed by atoms with van der Waals surface area (Å²) < 4.78 is 30.7. The van der Waals surface area contributed by atoms with Crippen LogP contribution in [-0.4, -0.2) is 56.1 Å². The van der Waals surface area contributed by atoms with Crippen molar-refractivity contribution in [2.24, 2.45) is 0 Å². The Morgan fingerprint density at radius 3 is 2.56 bits per heavy atom. The summed E-state index contributed by atoms with van der Waals surface area (Å²) in [5, 5.41) is 0. The van der Waals surface area contributed by atoms with Crippen molar-refractivity contribution in [1.82, 2.24) is 9.88 Å². The average molecular weight is 364 g/mol. The van der Waals surface area contributed by atoms with Crippen LogP contribution in [0.2, 0.25) is 0 Å². The smallest absolute Gasteiger partial charge is 0.289 e. The lowest BCUT2D eigenvalue weighted by Crippen LogP contribution is -2.48. The minimum Gasteiger partial charge on any atom is -0.459 e. The zero-order valence-electron chi connectivity index (χ0n) is 13.9. The van der Waals surface area contributed by atoms with Gasteiger partial charge in [-0.3, -0.25) is 9.52 Å². The predicted octanol–water partition coefficient (Wildman–Crippen LogP) is 1.40. The summed E-state index contributed by atoms with van der Waals surface area (Å²) in [5.41, 5.74) is 0.893. The summed E-state index contributed by atoms with van der Waals surface area (Å²) in [5.74, 6) is 0.550. The number of hydrogen-bond acceptors (Lipinski definition) is 6. The van der Waals surface area contributed by atoms with Gasteiger partial charge in [0.25, 0.3) is 5.91 Å². The summed E-state index contributed by atoms with van der Waals surface area (Å²) in [6.07, 6.45) is 3.13. The molecule has 0 unspecified atom stereocenters. The fourth-order valence-electron chi connectivity index (χ4n) is 2.59. The molecule has 0 atom stereocenters. The van der Waals surface area contributed by atoms with E-state index in [9.17, 15) is 13.2 Å². The normalized spacial score (nSPS) is 15.2. The summed E-state index contributed by atoms with van der Waals surface area (Å²) in [7, 11) is -3.33. The highest BCUT2D eigenvalue weighted by molar-refractivity contribution is 7.92. The summed E-state index contributed by atoms with van der Waals surface area (Å²) in [6, 6.07) is 6.83. The Morgan fingerprint density at radius 1 is 1.24 bits per heavy atom. The Hall–Kier alpha value is -2.55. The molecule has 0 saturated carbocycles. The van der Waals surface area contributed by atoms with E-state index in [-0.39, 0.29) is 11.7 Å². The third kappa shape index (κ3) is 4.11. The van der Waals surface area contributed by atoms with Crippen LogP contribution in [0.15, 0.2) is 41.1 Å². The number of sulfonamides is 1. The van der Waals surface area contributed by atoms with Crippen LogP contribution >= 0.6 is 0 Å². The molecule has 0 aliphatic carbocycles. The van der Waals surface area contributed by atoms with Crippen LogP contribution in [0.1, 0.15) is 17.5 Å². The third-order valence-electron chi connectivity index (χ3n) is 4.05. The highest BCUT2D eigenvalue weighted by Gasteiger charge is 2.24. The highest BCUT2D eigenvalue weighted by atomic mass is 32.2. The maximum Gasteiger partial charge on any atom is 0.289 e. The van der Waals surface area contributed by atoms with E-state index in [1.807, 2.05) is 6.07 Å². The van der Waals surface area contributed by atoms with Gasteiger partial charge in [0, 0.05) is 26.2 Å². The highest BCUT2D eigenvalue weighted by Crippen LogP contribution is 2.18. The molecule has 1 N–H and O–H groups in total. The zero-order valence-corrected chi connectivity index (χ0v) is 14.7. The third-order valence-corrected chi connectivity index (χ3v) is 5.33. The minimum atomic E-state index is -3.33. The quantitative estimate of drug-likeness (QED) is 0.862. The van der Waals surface area contributed by atoms with Crippen LogP contribution in [0.4, 0.5) is 11.5 Å². The standard InChI is InChI=1S/C16H20N4O4S/c1-2-25(22,23)18-15-6-5-13(12-17-15)19-7-9-20(10-8-19)16(21)14-4-3-11-24-14/h3-6,11-12H,2,7-10H2,1H3,(H,17,18). The minimum absolute atomic E-state index is 0.00207.